The van der Waals surface area contributed by atoms with E-state index in [-0.39, 0.29) is 12.8 Å². The van der Waals surface area contributed by atoms with Gasteiger partial charge in [0.15, 0.2) is 5.25 Å². The van der Waals surface area contributed by atoms with Crippen LogP contribution in [0.4, 0.5) is 0 Å². The van der Waals surface area contributed by atoms with Crippen LogP contribution in [0.5, 0.6) is 0 Å². The van der Waals surface area contributed by atoms with Crippen molar-refractivity contribution in [2.75, 3.05) is 0 Å². The molecule has 0 aromatic carbocycles. The first-order chi connectivity index (χ1) is 10.8. The van der Waals surface area contributed by atoms with Gasteiger partial charge in [0, 0.05) is 0 Å². The Morgan fingerprint density at radius 1 is 1.12 bits per heavy atom. The maximum atomic E-state index is 11.8. The zero-order valence-corrected chi connectivity index (χ0v) is 13.5. The molecule has 3 atom stereocenters. The summed E-state index contributed by atoms with van der Waals surface area (Å²) in [6, 6.07) is 0. The third kappa shape index (κ3) is 4.64. The largest absolute Gasteiger partial charge is 0.481 e. The fourth-order valence-corrected chi connectivity index (χ4v) is 3.86. The summed E-state index contributed by atoms with van der Waals surface area (Å²) in [5.74, 6) is -9.80. The van der Waals surface area contributed by atoms with Gasteiger partial charge in [-0.05, 0) is 6.42 Å². The van der Waals surface area contributed by atoms with E-state index in [1.165, 1.54) is 0 Å². The molecule has 1 amide bonds. The van der Waals surface area contributed by atoms with Gasteiger partial charge in [-0.3, -0.25) is 23.7 Å². The molecule has 0 spiro atoms. The van der Waals surface area contributed by atoms with Gasteiger partial charge in [-0.2, -0.15) is 8.42 Å². The monoisotopic (exact) mass is 369 g/mol. The number of nitrogens with two attached hydrogens (primary N) is 1. The van der Waals surface area contributed by atoms with E-state index in [0.29, 0.717) is 0 Å². The van der Waals surface area contributed by atoms with Crippen molar-refractivity contribution in [3.8, 4) is 0 Å². The van der Waals surface area contributed by atoms with Crippen molar-refractivity contribution >= 4 is 33.9 Å². The first-order valence-electron chi connectivity index (χ1n) is 6.75. The number of carbonyl (C=O) groups excluding carboxylic acids is 1. The lowest BCUT2D eigenvalue weighted by atomic mass is 9.67. The van der Waals surface area contributed by atoms with Crippen molar-refractivity contribution in [1.82, 2.24) is 0 Å². The SMILES string of the molecule is CCCCC(C(=O)O)(C(CC(=O)O)C(=O)O)C(C(N)=O)S(=O)(=O)O. The number of carboxylic acid groups (broad SMARTS) is 3. The predicted molar refractivity (Wildman–Crippen MR) is 77.5 cm³/mol. The van der Waals surface area contributed by atoms with E-state index in [2.05, 4.69) is 0 Å². The van der Waals surface area contributed by atoms with E-state index in [1.807, 2.05) is 0 Å². The first-order valence-corrected chi connectivity index (χ1v) is 8.26. The Morgan fingerprint density at radius 3 is 1.88 bits per heavy atom. The van der Waals surface area contributed by atoms with Crippen LogP contribution in [-0.2, 0) is 29.3 Å². The van der Waals surface area contributed by atoms with Crippen LogP contribution in [0.2, 0.25) is 0 Å². The minimum Gasteiger partial charge on any atom is -0.481 e. The normalized spacial score (nSPS) is 16.6. The molecule has 24 heavy (non-hydrogen) atoms. The van der Waals surface area contributed by atoms with Crippen LogP contribution >= 0.6 is 0 Å². The van der Waals surface area contributed by atoms with Crippen molar-refractivity contribution in [2.45, 2.75) is 37.9 Å². The third-order valence-electron chi connectivity index (χ3n) is 3.66. The molecular formula is C12H19NO10S. The van der Waals surface area contributed by atoms with Crippen LogP contribution in [-0.4, -0.2) is 57.4 Å². The highest BCUT2D eigenvalue weighted by molar-refractivity contribution is 7.87. The number of unbranched alkanes of at least 4 members (excludes halogenated alkanes) is 1. The fourth-order valence-electron chi connectivity index (χ4n) is 2.66. The van der Waals surface area contributed by atoms with Gasteiger partial charge in [0.05, 0.1) is 12.3 Å². The summed E-state index contributed by atoms with van der Waals surface area (Å²) in [7, 11) is -5.42. The van der Waals surface area contributed by atoms with Crippen molar-refractivity contribution in [3.05, 3.63) is 0 Å². The van der Waals surface area contributed by atoms with Crippen molar-refractivity contribution in [2.24, 2.45) is 17.1 Å². The Bertz CT molecular complexity index is 628. The van der Waals surface area contributed by atoms with Crippen LogP contribution in [0.25, 0.3) is 0 Å². The van der Waals surface area contributed by atoms with E-state index >= 15 is 0 Å². The standard InChI is InChI=1S/C12H19NO10S/c1-2-3-4-12(11(19)20,6(10(17)18)5-7(14)15)8(9(13)16)24(21,22)23/h6,8H,2-5H2,1H3,(H2,13,16)(H,14,15)(H,17,18)(H,19,20)(H,21,22,23). The topological polar surface area (TPSA) is 209 Å². The molecule has 11 nitrogen and oxygen atoms in total. The highest BCUT2D eigenvalue weighted by Crippen LogP contribution is 2.43. The average molecular weight is 369 g/mol. The lowest BCUT2D eigenvalue weighted by Crippen LogP contribution is -2.59. The molecule has 0 rings (SSSR count). The summed E-state index contributed by atoms with van der Waals surface area (Å²) in [5, 5.41) is 24.8. The molecule has 6 N–H and O–H groups in total. The first kappa shape index (κ1) is 21.8. The average Bonchev–Trinajstić information content (AvgIpc) is 2.37. The number of rotatable bonds is 11. The van der Waals surface area contributed by atoms with E-state index in [9.17, 15) is 42.4 Å². The maximum absolute atomic E-state index is 11.8. The molecule has 0 aliphatic heterocycles. The number of hydrogen-bond donors (Lipinski definition) is 5. The van der Waals surface area contributed by atoms with Crippen molar-refractivity contribution in [3.63, 3.8) is 0 Å². The Balaban J connectivity index is 6.72. The second-order valence-corrected chi connectivity index (χ2v) is 6.74. The number of carboxylic acids is 3. The summed E-state index contributed by atoms with van der Waals surface area (Å²) in [6.07, 6.45) is -1.72. The van der Waals surface area contributed by atoms with Gasteiger partial charge >= 0.3 is 17.9 Å². The number of amides is 1. The van der Waals surface area contributed by atoms with Crippen LogP contribution in [0, 0.1) is 11.3 Å². The summed E-state index contributed by atoms with van der Waals surface area (Å²) in [5.41, 5.74) is 1.97. The number of aliphatic carboxylic acids is 3. The summed E-state index contributed by atoms with van der Waals surface area (Å²) in [4.78, 5) is 45.7. The Hall–Kier alpha value is -2.21. The van der Waals surface area contributed by atoms with Gasteiger partial charge in [0.2, 0.25) is 5.91 Å². The Morgan fingerprint density at radius 2 is 1.62 bits per heavy atom. The van der Waals surface area contributed by atoms with Gasteiger partial charge in [0.25, 0.3) is 10.1 Å². The van der Waals surface area contributed by atoms with Gasteiger partial charge in [-0.25, -0.2) is 0 Å². The molecule has 0 fully saturated rings. The molecule has 0 aromatic rings. The minimum atomic E-state index is -5.42. The highest BCUT2D eigenvalue weighted by atomic mass is 32.2. The smallest absolute Gasteiger partial charge is 0.312 e. The third-order valence-corrected chi connectivity index (χ3v) is 4.91. The van der Waals surface area contributed by atoms with Crippen LogP contribution < -0.4 is 5.73 Å². The Kier molecular flexibility index (Phi) is 7.31. The molecule has 0 aliphatic rings. The molecule has 12 heteroatoms. The predicted octanol–water partition coefficient (Wildman–Crippen LogP) is -0.835. The molecule has 0 bridgehead atoms. The van der Waals surface area contributed by atoms with Crippen LogP contribution in [0.1, 0.15) is 32.6 Å². The summed E-state index contributed by atoms with van der Waals surface area (Å²) < 4.78 is 32.4. The number of carbonyl (C=O) groups is 4. The molecular weight excluding hydrogens is 350 g/mol. The van der Waals surface area contributed by atoms with Gasteiger partial charge < -0.3 is 21.1 Å². The molecule has 0 radical (unpaired) electrons. The Labute approximate surface area is 137 Å². The molecule has 138 valence electrons. The molecule has 0 aliphatic carbocycles. The zero-order chi connectivity index (χ0) is 19.3. The molecule has 3 unspecified atom stereocenters. The van der Waals surface area contributed by atoms with E-state index < -0.39 is 63.4 Å². The molecule has 0 heterocycles. The molecule has 0 saturated carbocycles. The number of primary amides is 1. The van der Waals surface area contributed by atoms with E-state index in [0.717, 1.165) is 0 Å². The minimum absolute atomic E-state index is 0.0466. The highest BCUT2D eigenvalue weighted by Gasteiger charge is 2.61. The quantitative estimate of drug-likeness (QED) is 0.285. The summed E-state index contributed by atoms with van der Waals surface area (Å²) >= 11 is 0. The maximum Gasteiger partial charge on any atom is 0.312 e. The van der Waals surface area contributed by atoms with Crippen molar-refractivity contribution < 1.29 is 47.5 Å². The molecule has 0 saturated heterocycles. The van der Waals surface area contributed by atoms with Crippen molar-refractivity contribution in [1.29, 1.82) is 0 Å². The lowest BCUT2D eigenvalue weighted by Gasteiger charge is -2.37. The second kappa shape index (κ2) is 8.06. The summed E-state index contributed by atoms with van der Waals surface area (Å²) in [6.45, 7) is 1.58. The van der Waals surface area contributed by atoms with E-state index in [1.54, 1.807) is 6.92 Å². The fraction of sp³-hybridized carbons (Fsp3) is 0.667. The van der Waals surface area contributed by atoms with Crippen LogP contribution in [0.15, 0.2) is 0 Å². The lowest BCUT2D eigenvalue weighted by molar-refractivity contribution is -0.167. The number of hydrogen-bond acceptors (Lipinski definition) is 6. The zero-order valence-electron chi connectivity index (χ0n) is 12.7. The van der Waals surface area contributed by atoms with Crippen LogP contribution in [0.3, 0.4) is 0 Å². The molecule has 0 aromatic heterocycles. The van der Waals surface area contributed by atoms with Gasteiger partial charge in [-0.15, -0.1) is 0 Å². The second-order valence-electron chi connectivity index (χ2n) is 5.24. The van der Waals surface area contributed by atoms with E-state index in [4.69, 9.17) is 10.8 Å². The van der Waals surface area contributed by atoms with Gasteiger partial charge in [-0.1, -0.05) is 19.8 Å². The van der Waals surface area contributed by atoms with Gasteiger partial charge in [0.1, 0.15) is 5.41 Å².